The highest BCUT2D eigenvalue weighted by atomic mass is 15.3. The summed E-state index contributed by atoms with van der Waals surface area (Å²) in [6.07, 6.45) is 5.21. The summed E-state index contributed by atoms with van der Waals surface area (Å²) in [5.41, 5.74) is 0.312. The molecular formula is C14H31N3. The summed E-state index contributed by atoms with van der Waals surface area (Å²) in [5.74, 6) is 1.05. The minimum Gasteiger partial charge on any atom is -0.349 e. The summed E-state index contributed by atoms with van der Waals surface area (Å²) in [5, 5.41) is 0. The molecule has 0 aromatic carbocycles. The van der Waals surface area contributed by atoms with Gasteiger partial charge in [0.1, 0.15) is 0 Å². The lowest BCUT2D eigenvalue weighted by Gasteiger charge is -2.27. The van der Waals surface area contributed by atoms with Gasteiger partial charge in [-0.2, -0.15) is 0 Å². The SMILES string of the molecule is CCCCCC(C)(C)CN=C(N(C)C)N(C)C. The Bertz CT molecular complexity index is 220. The van der Waals surface area contributed by atoms with Crippen molar-refractivity contribution in [1.82, 2.24) is 9.80 Å². The van der Waals surface area contributed by atoms with Crippen LogP contribution in [0.5, 0.6) is 0 Å². The standard InChI is InChI=1S/C14H31N3/c1-8-9-10-11-14(2,3)12-15-13(16(4)5)17(6)7/h8-12H2,1-7H3. The molecule has 3 nitrogen and oxygen atoms in total. The Hall–Kier alpha value is -0.730. The maximum atomic E-state index is 4.74. The molecule has 0 aliphatic rings. The van der Waals surface area contributed by atoms with Crippen molar-refractivity contribution in [2.75, 3.05) is 34.7 Å². The lowest BCUT2D eigenvalue weighted by molar-refractivity contribution is 0.328. The second-order valence-electron chi connectivity index (χ2n) is 6.03. The van der Waals surface area contributed by atoms with E-state index in [0.29, 0.717) is 5.41 Å². The van der Waals surface area contributed by atoms with Crippen molar-refractivity contribution in [2.45, 2.75) is 46.5 Å². The quantitative estimate of drug-likeness (QED) is 0.404. The molecule has 0 aromatic heterocycles. The number of rotatable bonds is 6. The third kappa shape index (κ3) is 7.24. The molecule has 0 aromatic rings. The average Bonchev–Trinajstić information content (AvgIpc) is 2.16. The van der Waals surface area contributed by atoms with Crippen LogP contribution in [0.25, 0.3) is 0 Å². The first-order chi connectivity index (χ1) is 7.80. The van der Waals surface area contributed by atoms with Gasteiger partial charge in [0.15, 0.2) is 5.96 Å². The Morgan fingerprint density at radius 3 is 1.94 bits per heavy atom. The molecule has 0 amide bonds. The maximum Gasteiger partial charge on any atom is 0.195 e. The van der Waals surface area contributed by atoms with Gasteiger partial charge >= 0.3 is 0 Å². The highest BCUT2D eigenvalue weighted by Gasteiger charge is 2.17. The van der Waals surface area contributed by atoms with Crippen molar-refractivity contribution in [3.8, 4) is 0 Å². The Morgan fingerprint density at radius 1 is 1.00 bits per heavy atom. The first kappa shape index (κ1) is 16.3. The van der Waals surface area contributed by atoms with Gasteiger partial charge in [-0.25, -0.2) is 0 Å². The van der Waals surface area contributed by atoms with Crippen LogP contribution in [0.1, 0.15) is 46.5 Å². The van der Waals surface area contributed by atoms with Crippen molar-refractivity contribution in [3.05, 3.63) is 0 Å². The van der Waals surface area contributed by atoms with E-state index >= 15 is 0 Å². The van der Waals surface area contributed by atoms with Gasteiger partial charge in [0.2, 0.25) is 0 Å². The number of nitrogens with zero attached hydrogens (tertiary/aromatic N) is 3. The molecule has 0 heterocycles. The van der Waals surface area contributed by atoms with E-state index in [1.807, 2.05) is 28.2 Å². The fourth-order valence-corrected chi connectivity index (χ4v) is 1.90. The van der Waals surface area contributed by atoms with E-state index in [1.54, 1.807) is 0 Å². The molecule has 3 heteroatoms. The lowest BCUT2D eigenvalue weighted by atomic mass is 9.87. The van der Waals surface area contributed by atoms with Gasteiger partial charge in [-0.1, -0.05) is 40.0 Å². The summed E-state index contributed by atoms with van der Waals surface area (Å²) in [6.45, 7) is 7.79. The predicted molar refractivity (Wildman–Crippen MR) is 77.6 cm³/mol. The summed E-state index contributed by atoms with van der Waals surface area (Å²) < 4.78 is 0. The lowest BCUT2D eigenvalue weighted by Crippen LogP contribution is -2.36. The molecular weight excluding hydrogens is 210 g/mol. The zero-order valence-corrected chi connectivity index (χ0v) is 12.9. The maximum absolute atomic E-state index is 4.74. The molecule has 0 unspecified atom stereocenters. The minimum atomic E-state index is 0.312. The molecule has 0 spiro atoms. The highest BCUT2D eigenvalue weighted by Crippen LogP contribution is 2.24. The van der Waals surface area contributed by atoms with E-state index < -0.39 is 0 Å². The van der Waals surface area contributed by atoms with Crippen molar-refractivity contribution < 1.29 is 0 Å². The summed E-state index contributed by atoms with van der Waals surface area (Å²) in [4.78, 5) is 8.88. The Morgan fingerprint density at radius 2 is 1.53 bits per heavy atom. The summed E-state index contributed by atoms with van der Waals surface area (Å²) >= 11 is 0. The van der Waals surface area contributed by atoms with Gasteiger partial charge in [0, 0.05) is 34.7 Å². The van der Waals surface area contributed by atoms with Crippen LogP contribution in [0.4, 0.5) is 0 Å². The Balaban J connectivity index is 4.33. The molecule has 102 valence electrons. The third-order valence-electron chi connectivity index (χ3n) is 2.91. The number of guanidine groups is 1. The van der Waals surface area contributed by atoms with Crippen molar-refractivity contribution in [1.29, 1.82) is 0 Å². The molecule has 0 fully saturated rings. The minimum absolute atomic E-state index is 0.312. The molecule has 0 N–H and O–H groups in total. The predicted octanol–water partition coefficient (Wildman–Crippen LogP) is 3.07. The van der Waals surface area contributed by atoms with Crippen molar-refractivity contribution >= 4 is 5.96 Å². The van der Waals surface area contributed by atoms with E-state index in [0.717, 1.165) is 12.5 Å². The number of aliphatic imine (C=N–C) groups is 1. The van der Waals surface area contributed by atoms with Crippen molar-refractivity contribution in [3.63, 3.8) is 0 Å². The normalized spacial score (nSPS) is 11.2. The molecule has 17 heavy (non-hydrogen) atoms. The van der Waals surface area contributed by atoms with Gasteiger partial charge in [0.25, 0.3) is 0 Å². The second-order valence-corrected chi connectivity index (χ2v) is 6.03. The number of hydrogen-bond acceptors (Lipinski definition) is 1. The van der Waals surface area contributed by atoms with Crippen LogP contribution in [-0.4, -0.2) is 50.5 Å². The molecule has 0 aliphatic carbocycles. The molecule has 0 rings (SSSR count). The van der Waals surface area contributed by atoms with Crippen LogP contribution in [0, 0.1) is 5.41 Å². The first-order valence-electron chi connectivity index (χ1n) is 6.69. The second kappa shape index (κ2) is 7.57. The smallest absolute Gasteiger partial charge is 0.195 e. The van der Waals surface area contributed by atoms with Gasteiger partial charge in [0.05, 0.1) is 0 Å². The number of unbranched alkanes of at least 4 members (excludes halogenated alkanes) is 2. The van der Waals surface area contributed by atoms with E-state index in [-0.39, 0.29) is 0 Å². The first-order valence-corrected chi connectivity index (χ1v) is 6.69. The van der Waals surface area contributed by atoms with Gasteiger partial charge in [-0.05, 0) is 11.8 Å². The van der Waals surface area contributed by atoms with Crippen LogP contribution in [-0.2, 0) is 0 Å². The third-order valence-corrected chi connectivity index (χ3v) is 2.91. The fraction of sp³-hybridized carbons (Fsp3) is 0.929. The summed E-state index contributed by atoms with van der Waals surface area (Å²) in [7, 11) is 8.18. The molecule has 0 radical (unpaired) electrons. The highest BCUT2D eigenvalue weighted by molar-refractivity contribution is 5.79. The van der Waals surface area contributed by atoms with E-state index in [9.17, 15) is 0 Å². The molecule has 0 atom stereocenters. The van der Waals surface area contributed by atoms with Gasteiger partial charge < -0.3 is 9.80 Å². The largest absolute Gasteiger partial charge is 0.349 e. The number of hydrogen-bond donors (Lipinski definition) is 0. The fourth-order valence-electron chi connectivity index (χ4n) is 1.90. The van der Waals surface area contributed by atoms with Crippen LogP contribution in [0.2, 0.25) is 0 Å². The average molecular weight is 241 g/mol. The van der Waals surface area contributed by atoms with Crippen LogP contribution in [0.3, 0.4) is 0 Å². The Labute approximate surface area is 108 Å². The monoisotopic (exact) mass is 241 g/mol. The zero-order chi connectivity index (χ0) is 13.5. The molecule has 0 aliphatic heterocycles. The molecule has 0 saturated heterocycles. The van der Waals surface area contributed by atoms with Crippen LogP contribution >= 0.6 is 0 Å². The van der Waals surface area contributed by atoms with E-state index in [1.165, 1.54) is 25.7 Å². The summed E-state index contributed by atoms with van der Waals surface area (Å²) in [6, 6.07) is 0. The van der Waals surface area contributed by atoms with E-state index in [4.69, 9.17) is 4.99 Å². The van der Waals surface area contributed by atoms with Gasteiger partial charge in [-0.3, -0.25) is 4.99 Å². The van der Waals surface area contributed by atoms with Crippen molar-refractivity contribution in [2.24, 2.45) is 10.4 Å². The topological polar surface area (TPSA) is 18.8 Å². The van der Waals surface area contributed by atoms with Crippen LogP contribution in [0.15, 0.2) is 4.99 Å². The molecule has 0 saturated carbocycles. The van der Waals surface area contributed by atoms with E-state index in [2.05, 4.69) is 30.6 Å². The van der Waals surface area contributed by atoms with Gasteiger partial charge in [-0.15, -0.1) is 0 Å². The molecule has 0 bridgehead atoms. The zero-order valence-electron chi connectivity index (χ0n) is 12.9. The Kier molecular flexibility index (Phi) is 7.24. The van der Waals surface area contributed by atoms with Crippen LogP contribution < -0.4 is 0 Å².